The number of aromatic nitrogens is 2. The average Bonchev–Trinajstić information content (AvgIpc) is 3.68. The molecule has 0 saturated heterocycles. The molecule has 5 heterocycles. The maximum absolute atomic E-state index is 15.2. The largest absolute Gasteiger partial charge is 0.458 e. The van der Waals surface area contributed by atoms with Gasteiger partial charge >= 0.3 is 5.97 Å². The number of aliphatic hydroxyl groups is 1. The number of amides is 3. The fraction of sp³-hybridized carbons (Fsp3) is 0.436. The van der Waals surface area contributed by atoms with Crippen LogP contribution < -0.4 is 16.2 Å². The second-order valence-electron chi connectivity index (χ2n) is 13.9. The van der Waals surface area contributed by atoms with Gasteiger partial charge in [0.2, 0.25) is 5.91 Å². The van der Waals surface area contributed by atoms with Crippen LogP contribution in [-0.2, 0) is 53.8 Å². The second kappa shape index (κ2) is 14.8. The summed E-state index contributed by atoms with van der Waals surface area (Å²) in [5.74, 6) is -2.03. The highest BCUT2D eigenvalue weighted by molar-refractivity contribution is 6.12. The number of nitrogens with one attached hydrogen (secondary N) is 2. The van der Waals surface area contributed by atoms with E-state index in [4.69, 9.17) is 14.5 Å². The van der Waals surface area contributed by atoms with E-state index in [1.807, 2.05) is 6.08 Å². The van der Waals surface area contributed by atoms with Crippen LogP contribution in [0, 0.1) is 12.7 Å². The van der Waals surface area contributed by atoms with Crippen molar-refractivity contribution in [1.82, 2.24) is 25.1 Å². The van der Waals surface area contributed by atoms with E-state index in [1.165, 1.54) is 23.1 Å². The summed E-state index contributed by atoms with van der Waals surface area (Å²) in [7, 11) is 0. The number of carbonyl (C=O) groups excluding carboxylic acids is 4. The van der Waals surface area contributed by atoms with Crippen molar-refractivity contribution in [2.75, 3.05) is 26.4 Å². The van der Waals surface area contributed by atoms with Gasteiger partial charge in [-0.05, 0) is 68.2 Å². The summed E-state index contributed by atoms with van der Waals surface area (Å²) < 4.78 is 27.5. The third kappa shape index (κ3) is 6.59. The Morgan fingerprint density at radius 1 is 1.11 bits per heavy atom. The molecular weight excluding hydrogens is 685 g/mol. The molecule has 1 aliphatic carbocycles. The van der Waals surface area contributed by atoms with Gasteiger partial charge in [0.15, 0.2) is 5.60 Å². The van der Waals surface area contributed by atoms with Crippen LogP contribution in [0.5, 0.6) is 0 Å². The minimum atomic E-state index is -1.98. The van der Waals surface area contributed by atoms with Crippen molar-refractivity contribution in [2.24, 2.45) is 0 Å². The number of pyridine rings is 2. The van der Waals surface area contributed by atoms with Gasteiger partial charge in [-0.1, -0.05) is 25.5 Å². The Bertz CT molecular complexity index is 2140. The minimum absolute atomic E-state index is 0.00984. The monoisotopic (exact) mass is 727 g/mol. The molecule has 278 valence electrons. The molecule has 3 aromatic rings. The van der Waals surface area contributed by atoms with Gasteiger partial charge in [-0.2, -0.15) is 0 Å². The average molecular weight is 728 g/mol. The lowest BCUT2D eigenvalue weighted by molar-refractivity contribution is -0.172. The number of nitrogens with zero attached hydrogens (tertiary/aromatic N) is 3. The van der Waals surface area contributed by atoms with Crippen LogP contribution in [0.15, 0.2) is 41.2 Å². The molecule has 0 bridgehead atoms. The number of hydrogen-bond acceptors (Lipinski definition) is 10. The molecule has 2 aromatic heterocycles. The van der Waals surface area contributed by atoms with Crippen LogP contribution in [0.3, 0.4) is 0 Å². The number of imide groups is 1. The van der Waals surface area contributed by atoms with E-state index in [0.717, 1.165) is 47.8 Å². The molecular formula is C39H42FN5O8. The normalized spacial score (nSPS) is 20.0. The standard InChI is InChI=1S/C39H42FN5O8/c1-3-39(51)26-16-30-36-24(18-45(30)37(49)25(26)19-53-38(39)50)35-28(11-10-23-22(2)27(40)17-29(43-36)34(23)35)42-31(46)20-52-21-41-14-8-6-4-5-7-9-15-44-32(47)12-13-33(44)48/h6,8,12-13,16-17,28,41,51H,3-5,7,9-11,14-15,18-21H2,1-2H3,(H,42,46)/t28?,39-/m0/s1. The topological polar surface area (TPSA) is 169 Å². The molecule has 53 heavy (non-hydrogen) atoms. The summed E-state index contributed by atoms with van der Waals surface area (Å²) in [6, 6.07) is 2.55. The Morgan fingerprint density at radius 3 is 2.68 bits per heavy atom. The van der Waals surface area contributed by atoms with Crippen LogP contribution in [0.25, 0.3) is 22.3 Å². The summed E-state index contributed by atoms with van der Waals surface area (Å²) >= 11 is 0. The number of unbranched alkanes of at least 4 members (excludes halogenated alkanes) is 3. The van der Waals surface area contributed by atoms with Crippen LogP contribution in [0.1, 0.15) is 84.9 Å². The predicted molar refractivity (Wildman–Crippen MR) is 191 cm³/mol. The van der Waals surface area contributed by atoms with Crippen LogP contribution in [0.2, 0.25) is 0 Å². The molecule has 14 heteroatoms. The summed E-state index contributed by atoms with van der Waals surface area (Å²) in [5, 5.41) is 18.3. The van der Waals surface area contributed by atoms with Crippen LogP contribution in [-0.4, -0.2) is 69.7 Å². The fourth-order valence-corrected chi connectivity index (χ4v) is 7.85. The molecule has 0 fully saturated rings. The Hall–Kier alpha value is -5.05. The lowest BCUT2D eigenvalue weighted by Gasteiger charge is -2.31. The van der Waals surface area contributed by atoms with Gasteiger partial charge in [-0.15, -0.1) is 0 Å². The van der Waals surface area contributed by atoms with Gasteiger partial charge in [-0.3, -0.25) is 29.4 Å². The van der Waals surface area contributed by atoms with E-state index in [0.29, 0.717) is 48.4 Å². The Labute approximate surface area is 304 Å². The highest BCUT2D eigenvalue weighted by atomic mass is 19.1. The molecule has 1 unspecified atom stereocenters. The van der Waals surface area contributed by atoms with Crippen molar-refractivity contribution in [3.63, 3.8) is 0 Å². The number of cyclic esters (lactones) is 1. The molecule has 2 atom stereocenters. The first-order valence-electron chi connectivity index (χ1n) is 18.1. The first-order valence-corrected chi connectivity index (χ1v) is 18.1. The van der Waals surface area contributed by atoms with Gasteiger partial charge in [-0.25, -0.2) is 14.2 Å². The molecule has 3 aliphatic heterocycles. The maximum Gasteiger partial charge on any atom is 0.343 e. The van der Waals surface area contributed by atoms with E-state index < -0.39 is 29.0 Å². The molecule has 1 aromatic carbocycles. The number of ether oxygens (including phenoxy) is 2. The highest BCUT2D eigenvalue weighted by Crippen LogP contribution is 2.46. The van der Waals surface area contributed by atoms with Gasteiger partial charge in [0.05, 0.1) is 41.8 Å². The highest BCUT2D eigenvalue weighted by Gasteiger charge is 2.46. The lowest BCUT2D eigenvalue weighted by atomic mass is 9.81. The van der Waals surface area contributed by atoms with Crippen molar-refractivity contribution in [3.8, 4) is 11.4 Å². The first-order chi connectivity index (χ1) is 25.5. The zero-order chi connectivity index (χ0) is 37.4. The number of rotatable bonds is 14. The van der Waals surface area contributed by atoms with Crippen molar-refractivity contribution in [2.45, 2.75) is 83.6 Å². The van der Waals surface area contributed by atoms with Crippen molar-refractivity contribution in [1.29, 1.82) is 0 Å². The molecule has 13 nitrogen and oxygen atoms in total. The Balaban J connectivity index is 0.991. The number of fused-ring (bicyclic) bond motifs is 5. The van der Waals surface area contributed by atoms with E-state index in [-0.39, 0.29) is 61.8 Å². The number of halogens is 1. The Morgan fingerprint density at radius 2 is 1.91 bits per heavy atom. The molecule has 0 radical (unpaired) electrons. The third-order valence-corrected chi connectivity index (χ3v) is 10.7. The van der Waals surface area contributed by atoms with Crippen LogP contribution >= 0.6 is 0 Å². The quantitative estimate of drug-likeness (QED) is 0.0577. The minimum Gasteiger partial charge on any atom is -0.458 e. The SMILES string of the molecule is CC[C@@]1(O)C(=O)OCc2c1cc1n(c2=O)Cc2c-1nc1cc(F)c(C)c3c1c2C(NC(=O)COCNCC=CCCCCCN1C(=O)C=CC1=O)CC3. The number of carbonyl (C=O) groups is 4. The summed E-state index contributed by atoms with van der Waals surface area (Å²) in [5.41, 5.74) is 2.13. The molecule has 7 rings (SSSR count). The zero-order valence-corrected chi connectivity index (χ0v) is 29.8. The Kier molecular flexibility index (Phi) is 10.1. The smallest absolute Gasteiger partial charge is 0.343 e. The van der Waals surface area contributed by atoms with Gasteiger partial charge < -0.3 is 24.5 Å². The van der Waals surface area contributed by atoms with Crippen molar-refractivity contribution in [3.05, 3.63) is 86.0 Å². The molecule has 0 saturated carbocycles. The molecule has 4 aliphatic rings. The first kappa shape index (κ1) is 36.3. The van der Waals surface area contributed by atoms with E-state index in [9.17, 15) is 29.1 Å². The van der Waals surface area contributed by atoms with E-state index in [1.54, 1.807) is 24.5 Å². The second-order valence-corrected chi connectivity index (χ2v) is 13.9. The lowest BCUT2D eigenvalue weighted by Crippen LogP contribution is -2.44. The number of benzene rings is 1. The van der Waals surface area contributed by atoms with E-state index in [2.05, 4.69) is 16.7 Å². The summed E-state index contributed by atoms with van der Waals surface area (Å²) in [6.07, 6.45) is 11.1. The summed E-state index contributed by atoms with van der Waals surface area (Å²) in [4.78, 5) is 69.0. The van der Waals surface area contributed by atoms with Gasteiger partial charge in [0, 0.05) is 47.8 Å². The third-order valence-electron chi connectivity index (χ3n) is 10.7. The number of hydrogen-bond donors (Lipinski definition) is 3. The number of esters is 1. The predicted octanol–water partition coefficient (Wildman–Crippen LogP) is 3.24. The summed E-state index contributed by atoms with van der Waals surface area (Å²) in [6.45, 7) is 4.23. The van der Waals surface area contributed by atoms with Crippen molar-refractivity contribution >= 4 is 34.6 Å². The fourth-order valence-electron chi connectivity index (χ4n) is 7.85. The van der Waals surface area contributed by atoms with E-state index >= 15 is 4.39 Å². The zero-order valence-electron chi connectivity index (χ0n) is 29.8. The van der Waals surface area contributed by atoms with Crippen molar-refractivity contribution < 1.29 is 38.1 Å². The van der Waals surface area contributed by atoms with Crippen LogP contribution in [0.4, 0.5) is 4.39 Å². The number of aryl methyl sites for hydroxylation is 1. The molecule has 0 spiro atoms. The molecule has 3 amide bonds. The molecule has 3 N–H and O–H groups in total. The van der Waals surface area contributed by atoms with Gasteiger partial charge in [0.1, 0.15) is 19.0 Å². The van der Waals surface area contributed by atoms with Gasteiger partial charge in [0.25, 0.3) is 17.4 Å². The number of allylic oxidation sites excluding steroid dienone is 1. The maximum atomic E-state index is 15.2.